The highest BCUT2D eigenvalue weighted by atomic mass is 32.1. The van der Waals surface area contributed by atoms with Crippen molar-refractivity contribution in [3.8, 4) is 22.2 Å². The normalized spacial score (nSPS) is 10.8. The van der Waals surface area contributed by atoms with E-state index in [1.807, 2.05) is 50.4 Å². The number of hydrogen-bond donors (Lipinski definition) is 2. The molecule has 1 aromatic carbocycles. The van der Waals surface area contributed by atoms with Crippen molar-refractivity contribution in [1.29, 1.82) is 0 Å². The molecule has 0 spiro atoms. The van der Waals surface area contributed by atoms with Crippen LogP contribution in [0.4, 0.5) is 0 Å². The average molecular weight is 461 g/mol. The number of nitrogens with zero attached hydrogens (tertiary/aromatic N) is 3. The Morgan fingerprint density at radius 2 is 1.91 bits per heavy atom. The van der Waals surface area contributed by atoms with E-state index in [0.29, 0.717) is 34.3 Å². The molecule has 0 saturated heterocycles. The molecular weight excluding hydrogens is 436 g/mol. The molecule has 3 aromatic heterocycles. The lowest BCUT2D eigenvalue weighted by Gasteiger charge is -2.11. The number of amides is 1. The SMILES string of the molecule is Cc1ccc(-c2cc(Oc3ncc(CO)s3)cc(C(=O)NCCc3ccc(C)nc3)c2)nc1. The number of pyridine rings is 2. The molecule has 2 N–H and O–H groups in total. The van der Waals surface area contributed by atoms with Gasteiger partial charge in [0.25, 0.3) is 11.1 Å². The second-order valence-corrected chi connectivity index (χ2v) is 8.71. The summed E-state index contributed by atoms with van der Waals surface area (Å²) in [7, 11) is 0. The Labute approximate surface area is 196 Å². The van der Waals surface area contributed by atoms with Gasteiger partial charge >= 0.3 is 0 Å². The highest BCUT2D eigenvalue weighted by Crippen LogP contribution is 2.31. The van der Waals surface area contributed by atoms with Gasteiger partial charge in [0.15, 0.2) is 0 Å². The fraction of sp³-hybridized carbons (Fsp3) is 0.200. The van der Waals surface area contributed by atoms with Crippen LogP contribution in [0.15, 0.2) is 61.1 Å². The van der Waals surface area contributed by atoms with E-state index in [4.69, 9.17) is 4.74 Å². The first-order chi connectivity index (χ1) is 16.0. The van der Waals surface area contributed by atoms with Gasteiger partial charge in [0, 0.05) is 42.0 Å². The second-order valence-electron chi connectivity index (χ2n) is 7.63. The molecule has 0 aliphatic carbocycles. The van der Waals surface area contributed by atoms with Crippen LogP contribution in [0.1, 0.15) is 32.1 Å². The summed E-state index contributed by atoms with van der Waals surface area (Å²) < 4.78 is 5.90. The third-order valence-electron chi connectivity index (χ3n) is 4.94. The third-order valence-corrected chi connectivity index (χ3v) is 5.80. The second kappa shape index (κ2) is 10.3. The summed E-state index contributed by atoms with van der Waals surface area (Å²) in [5.74, 6) is 0.269. The number of aromatic nitrogens is 3. The van der Waals surface area contributed by atoms with Gasteiger partial charge in [0.1, 0.15) is 5.75 Å². The van der Waals surface area contributed by atoms with Crippen molar-refractivity contribution in [2.45, 2.75) is 26.9 Å². The predicted molar refractivity (Wildman–Crippen MR) is 128 cm³/mol. The van der Waals surface area contributed by atoms with Gasteiger partial charge < -0.3 is 15.2 Å². The van der Waals surface area contributed by atoms with Crippen molar-refractivity contribution in [3.63, 3.8) is 0 Å². The minimum atomic E-state index is -0.205. The van der Waals surface area contributed by atoms with Crippen LogP contribution in [-0.4, -0.2) is 32.5 Å². The molecule has 0 bridgehead atoms. The molecule has 0 atom stereocenters. The lowest BCUT2D eigenvalue weighted by molar-refractivity contribution is 0.0954. The minimum Gasteiger partial charge on any atom is -0.431 e. The number of aliphatic hydroxyl groups excluding tert-OH is 1. The van der Waals surface area contributed by atoms with Gasteiger partial charge in [-0.1, -0.05) is 23.5 Å². The summed E-state index contributed by atoms with van der Waals surface area (Å²) in [5.41, 5.74) is 5.04. The number of hydrogen-bond acceptors (Lipinski definition) is 7. The van der Waals surface area contributed by atoms with Crippen LogP contribution in [0.3, 0.4) is 0 Å². The molecule has 1 amide bonds. The van der Waals surface area contributed by atoms with Crippen LogP contribution >= 0.6 is 11.3 Å². The zero-order valence-corrected chi connectivity index (χ0v) is 19.2. The number of benzene rings is 1. The van der Waals surface area contributed by atoms with Crippen LogP contribution in [0.5, 0.6) is 10.9 Å². The predicted octanol–water partition coefficient (Wildman–Crippen LogP) is 4.47. The van der Waals surface area contributed by atoms with Crippen LogP contribution in [0, 0.1) is 13.8 Å². The van der Waals surface area contributed by atoms with Gasteiger partial charge in [-0.3, -0.25) is 14.8 Å². The molecule has 0 aliphatic rings. The largest absolute Gasteiger partial charge is 0.431 e. The molecule has 33 heavy (non-hydrogen) atoms. The Hall–Kier alpha value is -3.62. The van der Waals surface area contributed by atoms with Crippen molar-refractivity contribution in [2.24, 2.45) is 0 Å². The van der Waals surface area contributed by atoms with Crippen LogP contribution in [0.25, 0.3) is 11.3 Å². The van der Waals surface area contributed by atoms with Crippen molar-refractivity contribution < 1.29 is 14.6 Å². The lowest BCUT2D eigenvalue weighted by atomic mass is 10.1. The van der Waals surface area contributed by atoms with E-state index in [2.05, 4.69) is 20.3 Å². The summed E-state index contributed by atoms with van der Waals surface area (Å²) in [6.07, 6.45) is 5.86. The Morgan fingerprint density at radius 3 is 2.61 bits per heavy atom. The smallest absolute Gasteiger partial charge is 0.278 e. The van der Waals surface area contributed by atoms with Crippen molar-refractivity contribution in [2.75, 3.05) is 6.54 Å². The van der Waals surface area contributed by atoms with Crippen molar-refractivity contribution in [1.82, 2.24) is 20.3 Å². The Bertz CT molecular complexity index is 1240. The zero-order valence-electron chi connectivity index (χ0n) is 18.4. The summed E-state index contributed by atoms with van der Waals surface area (Å²) in [6, 6.07) is 13.2. The quantitative estimate of drug-likeness (QED) is 0.403. The monoisotopic (exact) mass is 460 g/mol. The van der Waals surface area contributed by atoms with Crippen molar-refractivity contribution in [3.05, 3.63) is 88.3 Å². The Morgan fingerprint density at radius 1 is 1.03 bits per heavy atom. The summed E-state index contributed by atoms with van der Waals surface area (Å²) >= 11 is 1.25. The first kappa shape index (κ1) is 22.6. The van der Waals surface area contributed by atoms with Gasteiger partial charge in [0.2, 0.25) is 0 Å². The van der Waals surface area contributed by atoms with Crippen LogP contribution in [0.2, 0.25) is 0 Å². The molecule has 4 aromatic rings. The fourth-order valence-corrected chi connectivity index (χ4v) is 3.79. The van der Waals surface area contributed by atoms with Crippen molar-refractivity contribution >= 4 is 17.2 Å². The van der Waals surface area contributed by atoms with Gasteiger partial charge in [-0.05, 0) is 61.7 Å². The van der Waals surface area contributed by atoms with Gasteiger partial charge in [0.05, 0.1) is 17.2 Å². The third kappa shape index (κ3) is 6.00. The molecule has 0 radical (unpaired) electrons. The molecule has 0 aliphatic heterocycles. The van der Waals surface area contributed by atoms with E-state index < -0.39 is 0 Å². The summed E-state index contributed by atoms with van der Waals surface area (Å²) in [5, 5.41) is 12.6. The van der Waals surface area contributed by atoms with Crippen LogP contribution < -0.4 is 10.1 Å². The molecule has 0 saturated carbocycles. The number of ether oxygens (including phenoxy) is 1. The van der Waals surface area contributed by atoms with Gasteiger partial charge in [-0.2, -0.15) is 0 Å². The van der Waals surface area contributed by atoms with Crippen LogP contribution in [-0.2, 0) is 13.0 Å². The van der Waals surface area contributed by atoms with E-state index in [1.165, 1.54) is 11.3 Å². The number of carbonyl (C=O) groups excluding carboxylic acids is 1. The van der Waals surface area contributed by atoms with Gasteiger partial charge in [-0.25, -0.2) is 4.98 Å². The Kier molecular flexibility index (Phi) is 7.07. The highest BCUT2D eigenvalue weighted by Gasteiger charge is 2.13. The number of aliphatic hydroxyl groups is 1. The minimum absolute atomic E-state index is 0.0987. The molecule has 7 nitrogen and oxygen atoms in total. The molecule has 4 rings (SSSR count). The van der Waals surface area contributed by atoms with E-state index >= 15 is 0 Å². The van der Waals surface area contributed by atoms with Gasteiger partial charge in [-0.15, -0.1) is 0 Å². The fourth-order valence-electron chi connectivity index (χ4n) is 3.15. The molecule has 0 unspecified atom stereocenters. The van der Waals surface area contributed by atoms with E-state index in [1.54, 1.807) is 24.5 Å². The van der Waals surface area contributed by atoms with E-state index in [0.717, 1.165) is 28.1 Å². The maximum Gasteiger partial charge on any atom is 0.278 e. The van der Waals surface area contributed by atoms with E-state index in [9.17, 15) is 9.90 Å². The highest BCUT2D eigenvalue weighted by molar-refractivity contribution is 7.13. The maximum absolute atomic E-state index is 12.9. The molecule has 0 fully saturated rings. The summed E-state index contributed by atoms with van der Waals surface area (Å²) in [6.45, 7) is 4.30. The summed E-state index contributed by atoms with van der Waals surface area (Å²) in [4.78, 5) is 26.6. The number of rotatable bonds is 8. The zero-order chi connectivity index (χ0) is 23.2. The molecular formula is C25H24N4O3S. The number of nitrogens with one attached hydrogen (secondary N) is 1. The molecule has 8 heteroatoms. The number of carbonyl (C=O) groups is 1. The number of aryl methyl sites for hydroxylation is 2. The number of thiazole rings is 1. The van der Waals surface area contributed by atoms with E-state index in [-0.39, 0.29) is 12.5 Å². The first-order valence-corrected chi connectivity index (χ1v) is 11.3. The molecule has 168 valence electrons. The average Bonchev–Trinajstić information content (AvgIpc) is 3.28. The Balaban J connectivity index is 1.55. The standard InChI is InChI=1S/C25H24N4O3S/c1-16-3-6-23(28-12-16)19-9-20(11-21(10-19)32-25-29-14-22(15-30)33-25)24(31)26-8-7-18-5-4-17(2)27-13-18/h3-6,9-14,30H,7-8,15H2,1-2H3,(H,26,31). The lowest BCUT2D eigenvalue weighted by Crippen LogP contribution is -2.25. The topological polar surface area (TPSA) is 97.2 Å². The molecule has 3 heterocycles. The maximum atomic E-state index is 12.9. The first-order valence-electron chi connectivity index (χ1n) is 10.5.